The molecule has 0 heterocycles. The zero-order valence-electron chi connectivity index (χ0n) is 17.1. The first-order chi connectivity index (χ1) is 12.4. The quantitative estimate of drug-likeness (QED) is 0.194. The van der Waals surface area contributed by atoms with Gasteiger partial charge in [0.25, 0.3) is 0 Å². The second kappa shape index (κ2) is 13.7. The van der Waals surface area contributed by atoms with Gasteiger partial charge in [0, 0.05) is 0 Å². The third kappa shape index (κ3) is 9.11. The van der Waals surface area contributed by atoms with Crippen molar-refractivity contribution in [2.24, 2.45) is 11.8 Å². The van der Waals surface area contributed by atoms with Crippen molar-refractivity contribution in [3.05, 3.63) is 23.8 Å². The monoisotopic (exact) mass is 344 g/mol. The van der Waals surface area contributed by atoms with E-state index in [-0.39, 0.29) is 0 Å². The van der Waals surface area contributed by atoms with Crippen LogP contribution in [0.3, 0.4) is 0 Å². The molecule has 2 atom stereocenters. The fraction of sp³-hybridized carbons (Fsp3) is 0.840. The number of fused-ring (bicyclic) bond motifs is 2. The first-order valence-corrected chi connectivity index (χ1v) is 11.8. The molecular weight excluding hydrogens is 300 g/mol. The SMILES string of the molecule is CCCCCCCC/C=C\CCCCCCCCC1=CC2CCC1C2. The molecule has 2 unspecified atom stereocenters. The maximum absolute atomic E-state index is 2.63. The number of allylic oxidation sites excluding steroid dienone is 4. The summed E-state index contributed by atoms with van der Waals surface area (Å²) in [6.45, 7) is 2.29. The van der Waals surface area contributed by atoms with Gasteiger partial charge < -0.3 is 0 Å². The molecule has 144 valence electrons. The highest BCUT2D eigenvalue weighted by atomic mass is 14.4. The Morgan fingerprint density at radius 3 is 1.92 bits per heavy atom. The minimum atomic E-state index is 0.981. The Labute approximate surface area is 158 Å². The highest BCUT2D eigenvalue weighted by molar-refractivity contribution is 5.19. The number of rotatable bonds is 16. The Morgan fingerprint density at radius 1 is 0.760 bits per heavy atom. The van der Waals surface area contributed by atoms with Gasteiger partial charge in [-0.05, 0) is 69.6 Å². The standard InChI is InChI=1S/C25H44/c1-2-3-4-5-6-7-8-9-10-11-12-13-14-15-16-17-18-24-21-23-19-20-25(24)22-23/h9-10,21,23,25H,2-8,11-20,22H2,1H3/b10-9-. The van der Waals surface area contributed by atoms with Crippen LogP contribution in [0.5, 0.6) is 0 Å². The molecule has 0 amide bonds. The maximum Gasteiger partial charge on any atom is -0.0197 e. The van der Waals surface area contributed by atoms with Crippen LogP contribution >= 0.6 is 0 Å². The Bertz CT molecular complexity index is 375. The molecule has 0 heteroatoms. The molecule has 1 saturated carbocycles. The van der Waals surface area contributed by atoms with Crippen molar-refractivity contribution < 1.29 is 0 Å². The summed E-state index contributed by atoms with van der Waals surface area (Å²) in [4.78, 5) is 0. The van der Waals surface area contributed by atoms with Gasteiger partial charge in [-0.3, -0.25) is 0 Å². The third-order valence-electron chi connectivity index (χ3n) is 6.42. The van der Waals surface area contributed by atoms with Crippen molar-refractivity contribution in [3.63, 3.8) is 0 Å². The minimum Gasteiger partial charge on any atom is -0.0885 e. The van der Waals surface area contributed by atoms with Crippen molar-refractivity contribution >= 4 is 0 Å². The zero-order chi connectivity index (χ0) is 17.6. The molecule has 2 aliphatic rings. The summed E-state index contributed by atoms with van der Waals surface area (Å²) in [6, 6.07) is 0. The summed E-state index contributed by atoms with van der Waals surface area (Å²) in [5.74, 6) is 1.99. The van der Waals surface area contributed by atoms with Gasteiger partial charge in [-0.2, -0.15) is 0 Å². The van der Waals surface area contributed by atoms with Crippen LogP contribution in [-0.2, 0) is 0 Å². The second-order valence-electron chi connectivity index (χ2n) is 8.70. The molecule has 25 heavy (non-hydrogen) atoms. The first kappa shape index (κ1) is 20.8. The number of hydrogen-bond acceptors (Lipinski definition) is 0. The van der Waals surface area contributed by atoms with Gasteiger partial charge in [0.15, 0.2) is 0 Å². The smallest absolute Gasteiger partial charge is 0.0197 e. The molecule has 1 fully saturated rings. The van der Waals surface area contributed by atoms with E-state index in [1.165, 1.54) is 116 Å². The lowest BCUT2D eigenvalue weighted by atomic mass is 9.93. The average molecular weight is 345 g/mol. The Kier molecular flexibility index (Phi) is 11.4. The minimum absolute atomic E-state index is 0.981. The Balaban J connectivity index is 1.28. The second-order valence-corrected chi connectivity index (χ2v) is 8.70. The topological polar surface area (TPSA) is 0 Å². The van der Waals surface area contributed by atoms with Gasteiger partial charge in [-0.25, -0.2) is 0 Å². The molecule has 2 rings (SSSR count). The number of hydrogen-bond donors (Lipinski definition) is 0. The van der Waals surface area contributed by atoms with Crippen LogP contribution in [0.15, 0.2) is 23.8 Å². The molecule has 0 aromatic carbocycles. The van der Waals surface area contributed by atoms with E-state index in [1.807, 2.05) is 5.57 Å². The fourth-order valence-corrected chi connectivity index (χ4v) is 4.81. The summed E-state index contributed by atoms with van der Waals surface area (Å²) in [7, 11) is 0. The molecule has 0 aliphatic heterocycles. The predicted molar refractivity (Wildman–Crippen MR) is 113 cm³/mol. The summed E-state index contributed by atoms with van der Waals surface area (Å²) in [5.41, 5.74) is 1.84. The maximum atomic E-state index is 2.63. The van der Waals surface area contributed by atoms with E-state index in [1.54, 1.807) is 0 Å². The van der Waals surface area contributed by atoms with Gasteiger partial charge in [0.2, 0.25) is 0 Å². The van der Waals surface area contributed by atoms with Gasteiger partial charge in [0.05, 0.1) is 0 Å². The van der Waals surface area contributed by atoms with E-state index < -0.39 is 0 Å². The molecule has 2 aliphatic carbocycles. The van der Waals surface area contributed by atoms with Gasteiger partial charge >= 0.3 is 0 Å². The summed E-state index contributed by atoms with van der Waals surface area (Å²) < 4.78 is 0. The Hall–Kier alpha value is -0.520. The van der Waals surface area contributed by atoms with Crippen LogP contribution in [-0.4, -0.2) is 0 Å². The van der Waals surface area contributed by atoms with E-state index >= 15 is 0 Å². The molecule has 0 saturated heterocycles. The van der Waals surface area contributed by atoms with Crippen molar-refractivity contribution in [3.8, 4) is 0 Å². The van der Waals surface area contributed by atoms with Crippen LogP contribution in [0.4, 0.5) is 0 Å². The fourth-order valence-electron chi connectivity index (χ4n) is 4.81. The molecule has 0 aromatic heterocycles. The van der Waals surface area contributed by atoms with Crippen LogP contribution in [0, 0.1) is 11.8 Å². The van der Waals surface area contributed by atoms with Crippen molar-refractivity contribution in [2.45, 2.75) is 122 Å². The summed E-state index contributed by atoms with van der Waals surface area (Å²) in [6.07, 6.45) is 33.2. The lowest BCUT2D eigenvalue weighted by Gasteiger charge is -2.12. The summed E-state index contributed by atoms with van der Waals surface area (Å²) in [5, 5.41) is 0. The Morgan fingerprint density at radius 2 is 1.36 bits per heavy atom. The third-order valence-corrected chi connectivity index (χ3v) is 6.42. The lowest BCUT2D eigenvalue weighted by molar-refractivity contribution is 0.566. The van der Waals surface area contributed by atoms with E-state index in [9.17, 15) is 0 Å². The van der Waals surface area contributed by atoms with E-state index in [4.69, 9.17) is 0 Å². The van der Waals surface area contributed by atoms with Crippen LogP contribution in [0.1, 0.15) is 122 Å². The summed E-state index contributed by atoms with van der Waals surface area (Å²) >= 11 is 0. The molecule has 0 spiro atoms. The van der Waals surface area contributed by atoms with Gasteiger partial charge in [-0.1, -0.05) is 88.5 Å². The van der Waals surface area contributed by atoms with Crippen LogP contribution < -0.4 is 0 Å². The molecular formula is C25H44. The molecule has 0 aromatic rings. The van der Waals surface area contributed by atoms with Gasteiger partial charge in [-0.15, -0.1) is 0 Å². The molecule has 0 nitrogen and oxygen atoms in total. The van der Waals surface area contributed by atoms with Crippen LogP contribution in [0.25, 0.3) is 0 Å². The zero-order valence-corrected chi connectivity index (χ0v) is 17.1. The van der Waals surface area contributed by atoms with Crippen molar-refractivity contribution in [1.82, 2.24) is 0 Å². The largest absolute Gasteiger partial charge is 0.0885 e. The van der Waals surface area contributed by atoms with Crippen LogP contribution in [0.2, 0.25) is 0 Å². The van der Waals surface area contributed by atoms with E-state index in [0.29, 0.717) is 0 Å². The van der Waals surface area contributed by atoms with Crippen molar-refractivity contribution in [2.75, 3.05) is 0 Å². The number of unbranched alkanes of at least 4 members (excludes halogenated alkanes) is 12. The van der Waals surface area contributed by atoms with Crippen molar-refractivity contribution in [1.29, 1.82) is 0 Å². The normalized spacial score (nSPS) is 22.2. The van der Waals surface area contributed by atoms with E-state index in [0.717, 1.165) is 11.8 Å². The highest BCUT2D eigenvalue weighted by Crippen LogP contribution is 2.45. The molecule has 0 N–H and O–H groups in total. The average Bonchev–Trinajstić information content (AvgIpc) is 3.24. The predicted octanol–water partition coefficient (Wildman–Crippen LogP) is 8.77. The highest BCUT2D eigenvalue weighted by Gasteiger charge is 2.31. The lowest BCUT2D eigenvalue weighted by Crippen LogP contribution is -1.97. The molecule has 0 radical (unpaired) electrons. The molecule has 2 bridgehead atoms. The van der Waals surface area contributed by atoms with E-state index in [2.05, 4.69) is 25.2 Å². The van der Waals surface area contributed by atoms with Gasteiger partial charge in [0.1, 0.15) is 0 Å². The first-order valence-electron chi connectivity index (χ1n) is 11.8.